The van der Waals surface area contributed by atoms with E-state index in [-0.39, 0.29) is 22.9 Å². The first-order valence-electron chi connectivity index (χ1n) is 6.52. The Kier molecular flexibility index (Phi) is 7.81. The zero-order valence-corrected chi connectivity index (χ0v) is 12.6. The van der Waals surface area contributed by atoms with Gasteiger partial charge in [-0.05, 0) is 5.56 Å². The number of carbonyl (C=O) groups excluding carboxylic acids is 1. The van der Waals surface area contributed by atoms with E-state index in [0.717, 1.165) is 11.1 Å². The van der Waals surface area contributed by atoms with Crippen LogP contribution >= 0.6 is 0 Å². The summed E-state index contributed by atoms with van der Waals surface area (Å²) in [4.78, 5) is 11.6. The Morgan fingerprint density at radius 1 is 0.857 bits per heavy atom. The number of hydrogen-bond donors (Lipinski definition) is 0. The van der Waals surface area contributed by atoms with Gasteiger partial charge in [0.2, 0.25) is 0 Å². The number of rotatable bonds is 3. The van der Waals surface area contributed by atoms with Crippen molar-refractivity contribution in [2.45, 2.75) is 0 Å². The molecule has 0 unspecified atom stereocenters. The van der Waals surface area contributed by atoms with Gasteiger partial charge in [0.25, 0.3) is 0 Å². The second-order valence-electron chi connectivity index (χ2n) is 4.24. The van der Waals surface area contributed by atoms with Crippen LogP contribution < -0.4 is 0 Å². The molecule has 0 aromatic heterocycles. The smallest absolute Gasteiger partial charge is 0.105 e. The molecule has 0 spiro atoms. The van der Waals surface area contributed by atoms with Crippen LogP contribution in [0.2, 0.25) is 0 Å². The van der Waals surface area contributed by atoms with Gasteiger partial charge in [-0.25, -0.2) is 0 Å². The summed E-state index contributed by atoms with van der Waals surface area (Å²) >= 11 is 0. The van der Waals surface area contributed by atoms with Gasteiger partial charge in [0, 0.05) is 17.1 Å². The van der Waals surface area contributed by atoms with Gasteiger partial charge in [-0.1, -0.05) is 48.0 Å². The van der Waals surface area contributed by atoms with E-state index in [0.29, 0.717) is 0 Å². The second-order valence-corrected chi connectivity index (χ2v) is 4.24. The van der Waals surface area contributed by atoms with Crippen LogP contribution in [0.3, 0.4) is 0 Å². The third kappa shape index (κ3) is 6.22. The van der Waals surface area contributed by atoms with Gasteiger partial charge in [-0.15, -0.1) is 12.1 Å². The predicted octanol–water partition coefficient (Wildman–Crippen LogP) is 4.70. The minimum absolute atomic E-state index is 0. The molecule has 0 saturated heterocycles. The molecular formula is C19H16FeO-6. The van der Waals surface area contributed by atoms with Crippen LogP contribution in [0.4, 0.5) is 0 Å². The van der Waals surface area contributed by atoms with E-state index in [9.17, 15) is 4.79 Å². The Morgan fingerprint density at radius 3 is 1.90 bits per heavy atom. The number of benzene rings is 1. The summed E-state index contributed by atoms with van der Waals surface area (Å²) in [5.74, 6) is 0.0452. The molecule has 3 rings (SSSR count). The molecule has 2 heteroatoms. The number of allylic oxidation sites excluding steroid dienone is 1. The first kappa shape index (κ1) is 16.9. The number of carbonyl (C=O) groups is 1. The molecule has 21 heavy (non-hydrogen) atoms. The molecule has 0 amide bonds. The molecular weight excluding hydrogens is 300 g/mol. The largest absolute Gasteiger partial charge is 0.748 e. The standard InChI is InChI=1S/C14H11O.C5H5.Fe/c15-14(13-8-4-5-9-13)11-10-12-6-2-1-3-7-12;1-2-4-5-3-1;/h1-11H;1-5H;/q-1;-5;. The molecule has 0 saturated carbocycles. The van der Waals surface area contributed by atoms with E-state index >= 15 is 0 Å². The minimum Gasteiger partial charge on any atom is -0.748 e. The first-order valence-corrected chi connectivity index (χ1v) is 6.52. The van der Waals surface area contributed by atoms with Crippen molar-refractivity contribution in [3.8, 4) is 0 Å². The monoisotopic (exact) mass is 316 g/mol. The molecule has 112 valence electrons. The Bertz CT molecular complexity index is 602. The number of hydrogen-bond acceptors (Lipinski definition) is 1. The molecule has 0 bridgehead atoms. The van der Waals surface area contributed by atoms with Crippen molar-refractivity contribution in [2.24, 2.45) is 0 Å². The van der Waals surface area contributed by atoms with Crippen LogP contribution in [-0.2, 0) is 17.1 Å². The molecule has 0 N–H and O–H groups in total. The van der Waals surface area contributed by atoms with Crippen LogP contribution in [0.25, 0.3) is 6.08 Å². The maximum Gasteiger partial charge on any atom is 0.105 e. The maximum atomic E-state index is 11.6. The zero-order chi connectivity index (χ0) is 14.0. The van der Waals surface area contributed by atoms with Crippen molar-refractivity contribution >= 4 is 11.9 Å². The van der Waals surface area contributed by atoms with Crippen molar-refractivity contribution in [3.05, 3.63) is 102 Å². The average Bonchev–Trinajstić information content (AvgIpc) is 3.20. The summed E-state index contributed by atoms with van der Waals surface area (Å²) in [6.45, 7) is 0. The molecule has 3 aromatic carbocycles. The average molecular weight is 316 g/mol. The quantitative estimate of drug-likeness (QED) is 0.296. The molecule has 0 aliphatic rings. The van der Waals surface area contributed by atoms with Crippen molar-refractivity contribution in [1.82, 2.24) is 0 Å². The predicted molar refractivity (Wildman–Crippen MR) is 83.9 cm³/mol. The number of ketones is 1. The molecule has 3 aromatic rings. The molecule has 0 aliphatic carbocycles. The Labute approximate surface area is 136 Å². The van der Waals surface area contributed by atoms with Gasteiger partial charge in [0.05, 0.1) is 0 Å². The SMILES string of the molecule is O=C(C=Cc1ccccc1)[c-]1cccc1.[Fe].[cH-]1[cH-][cH-][cH-][cH-]1. The fourth-order valence-corrected chi connectivity index (χ4v) is 1.69. The third-order valence-corrected chi connectivity index (χ3v) is 2.73. The van der Waals surface area contributed by atoms with E-state index < -0.39 is 0 Å². The van der Waals surface area contributed by atoms with E-state index in [1.165, 1.54) is 0 Å². The Balaban J connectivity index is 0.000000313. The first-order chi connectivity index (χ1) is 9.86. The van der Waals surface area contributed by atoms with Crippen LogP contribution in [-0.4, -0.2) is 5.78 Å². The minimum atomic E-state index is 0. The van der Waals surface area contributed by atoms with E-state index in [2.05, 4.69) is 0 Å². The van der Waals surface area contributed by atoms with Crippen LogP contribution in [0.1, 0.15) is 15.9 Å². The summed E-state index contributed by atoms with van der Waals surface area (Å²) in [6, 6.07) is 27.2. The van der Waals surface area contributed by atoms with E-state index in [1.807, 2.05) is 91.0 Å². The van der Waals surface area contributed by atoms with E-state index in [1.54, 1.807) is 6.08 Å². The fraction of sp³-hybridized carbons (Fsp3) is 0. The fourth-order valence-electron chi connectivity index (χ4n) is 1.69. The Hall–Kier alpha value is -2.15. The zero-order valence-electron chi connectivity index (χ0n) is 11.5. The van der Waals surface area contributed by atoms with Crippen molar-refractivity contribution in [3.63, 3.8) is 0 Å². The van der Waals surface area contributed by atoms with Gasteiger partial charge in [0.15, 0.2) is 0 Å². The van der Waals surface area contributed by atoms with Gasteiger partial charge >= 0.3 is 0 Å². The second kappa shape index (κ2) is 9.71. The maximum absolute atomic E-state index is 11.6. The van der Waals surface area contributed by atoms with Crippen molar-refractivity contribution < 1.29 is 21.9 Å². The molecule has 0 heterocycles. The Morgan fingerprint density at radius 2 is 1.38 bits per heavy atom. The van der Waals surface area contributed by atoms with Crippen LogP contribution in [0, 0.1) is 0 Å². The van der Waals surface area contributed by atoms with Gasteiger partial charge in [-0.3, -0.25) is 0 Å². The normalized spacial score (nSPS) is 9.52. The summed E-state index contributed by atoms with van der Waals surface area (Å²) in [7, 11) is 0. The topological polar surface area (TPSA) is 17.1 Å². The summed E-state index contributed by atoms with van der Waals surface area (Å²) in [5.41, 5.74) is 1.78. The van der Waals surface area contributed by atoms with Crippen LogP contribution in [0.5, 0.6) is 0 Å². The molecule has 0 atom stereocenters. The van der Waals surface area contributed by atoms with Crippen molar-refractivity contribution in [1.29, 1.82) is 0 Å². The summed E-state index contributed by atoms with van der Waals surface area (Å²) in [5, 5.41) is 0. The summed E-state index contributed by atoms with van der Waals surface area (Å²) < 4.78 is 0. The van der Waals surface area contributed by atoms with Gasteiger partial charge in [-0.2, -0.15) is 12.1 Å². The molecule has 1 nitrogen and oxygen atoms in total. The molecule has 0 fully saturated rings. The van der Waals surface area contributed by atoms with E-state index in [4.69, 9.17) is 0 Å². The van der Waals surface area contributed by atoms with Gasteiger partial charge < -0.3 is 35.1 Å². The van der Waals surface area contributed by atoms with Crippen LogP contribution in [0.15, 0.2) is 91.0 Å². The summed E-state index contributed by atoms with van der Waals surface area (Å²) in [6.07, 6.45) is 3.43. The molecule has 0 aliphatic heterocycles. The third-order valence-electron chi connectivity index (χ3n) is 2.73. The molecule has 0 radical (unpaired) electrons. The van der Waals surface area contributed by atoms with Gasteiger partial charge in [0.1, 0.15) is 5.78 Å². The van der Waals surface area contributed by atoms with Crippen molar-refractivity contribution in [2.75, 3.05) is 0 Å².